The Morgan fingerprint density at radius 2 is 1.96 bits per heavy atom. The first-order valence-electron chi connectivity index (χ1n) is 8.19. The summed E-state index contributed by atoms with van der Waals surface area (Å²) >= 11 is 0. The number of rotatable bonds is 4. The van der Waals surface area contributed by atoms with Crippen molar-refractivity contribution in [2.45, 2.75) is 24.8 Å². The molecular weight excluding hydrogens is 394 g/mol. The average molecular weight is 416 g/mol. The molecule has 27 heavy (non-hydrogen) atoms. The van der Waals surface area contributed by atoms with Crippen LogP contribution in [0.4, 0.5) is 5.69 Å². The van der Waals surface area contributed by atoms with E-state index in [-0.39, 0.29) is 29.5 Å². The standard InChI is InChI=1S/C16H21N5O4S.ClH/c1-11-4-5-12(2)15(14(11)21(22)23)26(24,25)20-9-6-17-10-13(20)16-18-7-8-19(16)3;/h4-5,7-8,13,17H,6,9-10H2,1-3H3;1H. The molecule has 1 aromatic carbocycles. The van der Waals surface area contributed by atoms with Crippen molar-refractivity contribution >= 4 is 28.1 Å². The number of hydrogen-bond donors (Lipinski definition) is 1. The van der Waals surface area contributed by atoms with Crippen molar-refractivity contribution in [3.8, 4) is 0 Å². The van der Waals surface area contributed by atoms with Gasteiger partial charge in [0.15, 0.2) is 4.90 Å². The van der Waals surface area contributed by atoms with Gasteiger partial charge in [-0.2, -0.15) is 4.31 Å². The summed E-state index contributed by atoms with van der Waals surface area (Å²) in [7, 11) is -2.29. The number of halogens is 1. The number of nitrogens with one attached hydrogen (secondary N) is 1. The number of aryl methyl sites for hydroxylation is 3. The third-order valence-corrected chi connectivity index (χ3v) is 6.72. The van der Waals surface area contributed by atoms with Crippen LogP contribution in [0.5, 0.6) is 0 Å². The van der Waals surface area contributed by atoms with Crippen LogP contribution in [0.15, 0.2) is 29.4 Å². The van der Waals surface area contributed by atoms with Crippen LogP contribution in [0.3, 0.4) is 0 Å². The van der Waals surface area contributed by atoms with Crippen LogP contribution in [-0.4, -0.2) is 46.8 Å². The van der Waals surface area contributed by atoms with E-state index in [1.165, 1.54) is 4.31 Å². The van der Waals surface area contributed by atoms with Gasteiger partial charge < -0.3 is 9.88 Å². The van der Waals surface area contributed by atoms with Crippen molar-refractivity contribution in [3.05, 3.63) is 51.6 Å². The minimum Gasteiger partial charge on any atom is -0.337 e. The van der Waals surface area contributed by atoms with Crippen molar-refractivity contribution in [1.82, 2.24) is 19.2 Å². The lowest BCUT2D eigenvalue weighted by atomic mass is 10.1. The monoisotopic (exact) mass is 415 g/mol. The summed E-state index contributed by atoms with van der Waals surface area (Å²) in [6.45, 7) is 4.20. The van der Waals surface area contributed by atoms with Gasteiger partial charge in [-0.25, -0.2) is 13.4 Å². The van der Waals surface area contributed by atoms with E-state index in [1.807, 2.05) is 0 Å². The number of hydrogen-bond acceptors (Lipinski definition) is 6. The van der Waals surface area contributed by atoms with E-state index < -0.39 is 21.0 Å². The minimum absolute atomic E-state index is 0. The van der Waals surface area contributed by atoms with Crippen molar-refractivity contribution in [2.24, 2.45) is 7.05 Å². The van der Waals surface area contributed by atoms with E-state index in [4.69, 9.17) is 0 Å². The third kappa shape index (κ3) is 3.70. The molecule has 0 spiro atoms. The van der Waals surface area contributed by atoms with Crippen LogP contribution in [0, 0.1) is 24.0 Å². The fraction of sp³-hybridized carbons (Fsp3) is 0.438. The Balaban J connectivity index is 0.00000261. The molecule has 2 heterocycles. The third-order valence-electron chi connectivity index (χ3n) is 4.63. The zero-order valence-electron chi connectivity index (χ0n) is 15.2. The van der Waals surface area contributed by atoms with Gasteiger partial charge in [0.1, 0.15) is 5.82 Å². The number of sulfonamides is 1. The molecule has 0 aliphatic carbocycles. The van der Waals surface area contributed by atoms with E-state index in [2.05, 4.69) is 10.3 Å². The maximum atomic E-state index is 13.5. The lowest BCUT2D eigenvalue weighted by Crippen LogP contribution is -2.49. The van der Waals surface area contributed by atoms with Crippen molar-refractivity contribution in [3.63, 3.8) is 0 Å². The molecule has 1 N–H and O–H groups in total. The minimum atomic E-state index is -4.08. The molecule has 9 nitrogen and oxygen atoms in total. The Morgan fingerprint density at radius 1 is 1.30 bits per heavy atom. The molecule has 1 saturated heterocycles. The molecule has 1 aliphatic rings. The summed E-state index contributed by atoms with van der Waals surface area (Å²) in [5.74, 6) is 0.591. The Bertz CT molecular complexity index is 960. The lowest BCUT2D eigenvalue weighted by molar-refractivity contribution is -0.388. The SMILES string of the molecule is Cc1ccc(C)c(S(=O)(=O)N2CCNCC2c2nccn2C)c1[N+](=O)[O-].Cl. The highest BCUT2D eigenvalue weighted by Gasteiger charge is 2.41. The predicted molar refractivity (Wildman–Crippen MR) is 103 cm³/mol. The fourth-order valence-corrected chi connectivity index (χ4v) is 5.36. The van der Waals surface area contributed by atoms with Gasteiger partial charge in [-0.15, -0.1) is 12.4 Å². The van der Waals surface area contributed by atoms with Crippen molar-refractivity contribution in [1.29, 1.82) is 0 Å². The molecule has 11 heteroatoms. The quantitative estimate of drug-likeness (QED) is 0.601. The van der Waals surface area contributed by atoms with E-state index >= 15 is 0 Å². The Hall–Kier alpha value is -2.01. The second-order valence-corrected chi connectivity index (χ2v) is 8.19. The van der Waals surface area contributed by atoms with E-state index in [0.717, 1.165) is 0 Å². The first-order valence-corrected chi connectivity index (χ1v) is 9.63. The van der Waals surface area contributed by atoms with E-state index in [9.17, 15) is 18.5 Å². The van der Waals surface area contributed by atoms with Crippen LogP contribution in [0.1, 0.15) is 23.0 Å². The molecule has 1 atom stereocenters. The van der Waals surface area contributed by atoms with Gasteiger partial charge in [0.2, 0.25) is 0 Å². The summed E-state index contributed by atoms with van der Waals surface area (Å²) in [5.41, 5.74) is 0.324. The smallest absolute Gasteiger partial charge is 0.292 e. The number of piperazine rings is 1. The van der Waals surface area contributed by atoms with Crippen LogP contribution in [0.25, 0.3) is 0 Å². The Labute approximate surface area is 164 Å². The van der Waals surface area contributed by atoms with Gasteiger partial charge in [0, 0.05) is 44.6 Å². The number of nitrogens with zero attached hydrogens (tertiary/aromatic N) is 4. The molecule has 2 aromatic rings. The largest absolute Gasteiger partial charge is 0.337 e. The summed E-state index contributed by atoms with van der Waals surface area (Å²) in [6, 6.07) is 2.64. The highest BCUT2D eigenvalue weighted by Crippen LogP contribution is 2.36. The molecule has 0 bridgehead atoms. The maximum Gasteiger partial charge on any atom is 0.292 e. The molecular formula is C16H22ClN5O4S. The summed E-state index contributed by atoms with van der Waals surface area (Å²) in [6.07, 6.45) is 3.35. The number of benzene rings is 1. The molecule has 0 amide bonds. The molecule has 1 aromatic heterocycles. The zero-order valence-corrected chi connectivity index (χ0v) is 16.9. The van der Waals surface area contributed by atoms with Crippen molar-refractivity contribution in [2.75, 3.05) is 19.6 Å². The number of aromatic nitrogens is 2. The molecule has 1 unspecified atom stereocenters. The van der Waals surface area contributed by atoms with Gasteiger partial charge in [0.25, 0.3) is 15.7 Å². The van der Waals surface area contributed by atoms with Crippen molar-refractivity contribution < 1.29 is 13.3 Å². The summed E-state index contributed by atoms with van der Waals surface area (Å²) in [4.78, 5) is 15.0. The van der Waals surface area contributed by atoms with E-state index in [1.54, 1.807) is 50.0 Å². The molecule has 148 valence electrons. The van der Waals surface area contributed by atoms with Crippen LogP contribution < -0.4 is 5.32 Å². The highest BCUT2D eigenvalue weighted by atomic mass is 35.5. The summed E-state index contributed by atoms with van der Waals surface area (Å²) in [5, 5.41) is 14.8. The maximum absolute atomic E-state index is 13.5. The number of imidazole rings is 1. The number of nitro groups is 1. The first-order chi connectivity index (χ1) is 12.2. The number of nitro benzene ring substituents is 1. The normalized spacial score (nSPS) is 18.1. The molecule has 3 rings (SSSR count). The van der Waals surface area contributed by atoms with Gasteiger partial charge in [0.05, 0.1) is 11.0 Å². The van der Waals surface area contributed by atoms with Gasteiger partial charge >= 0.3 is 0 Å². The van der Waals surface area contributed by atoms with Crippen LogP contribution >= 0.6 is 12.4 Å². The zero-order chi connectivity index (χ0) is 19.1. The molecule has 0 saturated carbocycles. The Morgan fingerprint density at radius 3 is 2.56 bits per heavy atom. The first kappa shape index (κ1) is 21.3. The lowest BCUT2D eigenvalue weighted by Gasteiger charge is -2.34. The second-order valence-electron chi connectivity index (χ2n) is 6.37. The molecule has 1 aliphatic heterocycles. The molecule has 0 radical (unpaired) electrons. The van der Waals surface area contributed by atoms with Gasteiger partial charge in [-0.1, -0.05) is 12.1 Å². The fourth-order valence-electron chi connectivity index (χ4n) is 3.33. The Kier molecular flexibility index (Phi) is 6.25. The van der Waals surface area contributed by atoms with E-state index in [0.29, 0.717) is 30.0 Å². The van der Waals surface area contributed by atoms with Crippen LogP contribution in [-0.2, 0) is 17.1 Å². The summed E-state index contributed by atoms with van der Waals surface area (Å²) < 4.78 is 30.0. The van der Waals surface area contributed by atoms with Crippen LogP contribution in [0.2, 0.25) is 0 Å². The highest BCUT2D eigenvalue weighted by molar-refractivity contribution is 7.89. The predicted octanol–water partition coefficient (Wildman–Crippen LogP) is 1.70. The van der Waals surface area contributed by atoms with Gasteiger partial charge in [-0.3, -0.25) is 10.1 Å². The molecule has 1 fully saturated rings. The average Bonchev–Trinajstić information content (AvgIpc) is 3.02. The van der Waals surface area contributed by atoms with Gasteiger partial charge in [-0.05, 0) is 19.4 Å². The topological polar surface area (TPSA) is 110 Å². The second kappa shape index (κ2) is 7.93.